The van der Waals surface area contributed by atoms with Gasteiger partial charge in [-0.3, -0.25) is 0 Å². The number of hydrogen-bond donors (Lipinski definition) is 0. The topological polar surface area (TPSA) is 80.3 Å². The molecule has 0 saturated heterocycles. The van der Waals surface area contributed by atoms with Crippen molar-refractivity contribution in [1.29, 1.82) is 0 Å². The van der Waals surface area contributed by atoms with Crippen LogP contribution in [0.2, 0.25) is 8.87 Å². The number of rotatable bonds is 6. The average molecular weight is 351 g/mol. The monoisotopic (exact) mass is 352 g/mol. The number of aliphatic carboxylic acids is 2. The van der Waals surface area contributed by atoms with Gasteiger partial charge in [0.15, 0.2) is 0 Å². The Kier molecular flexibility index (Phi) is 27.2. The van der Waals surface area contributed by atoms with E-state index in [4.69, 9.17) is 0 Å². The Morgan fingerprint density at radius 1 is 0.824 bits per heavy atom. The van der Waals surface area contributed by atoms with Gasteiger partial charge < -0.3 is 19.8 Å². The van der Waals surface area contributed by atoms with Crippen LogP contribution in [-0.4, -0.2) is 33.1 Å². The molecule has 0 aliphatic heterocycles. The van der Waals surface area contributed by atoms with Crippen molar-refractivity contribution in [3.63, 3.8) is 0 Å². The van der Waals surface area contributed by atoms with Crippen molar-refractivity contribution in [2.24, 2.45) is 0 Å². The van der Waals surface area contributed by atoms with Gasteiger partial charge in [0.25, 0.3) is 0 Å². The number of carboxylic acid groups (broad SMARTS) is 2. The van der Waals surface area contributed by atoms with Crippen molar-refractivity contribution in [3.05, 3.63) is 0 Å². The quantitative estimate of drug-likeness (QED) is 0.658. The number of carbonyl (C=O) groups excluding carboxylic acids is 2. The Bertz CT molecular complexity index is 154. The molecule has 0 fully saturated rings. The second-order valence-corrected chi connectivity index (χ2v) is 8.66. The zero-order valence-corrected chi connectivity index (χ0v) is 14.2. The van der Waals surface area contributed by atoms with Gasteiger partial charge in [0.05, 0.1) is 0 Å². The molecule has 0 aromatic rings. The summed E-state index contributed by atoms with van der Waals surface area (Å²) in [5.41, 5.74) is 0. The third-order valence-corrected chi connectivity index (χ3v) is 4.26. The predicted molar refractivity (Wildman–Crippen MR) is 66.5 cm³/mol. The minimum atomic E-state index is -0.961. The van der Waals surface area contributed by atoms with Crippen molar-refractivity contribution in [2.75, 3.05) is 0 Å². The van der Waals surface area contributed by atoms with Gasteiger partial charge in [0.2, 0.25) is 0 Å². The molecule has 0 aliphatic rings. The third kappa shape index (κ3) is 49.6. The van der Waals surface area contributed by atoms with Gasteiger partial charge in [-0.15, -0.1) is 0 Å². The second kappa shape index (κ2) is 21.1. The Morgan fingerprint density at radius 3 is 1.12 bits per heavy atom. The van der Waals surface area contributed by atoms with Crippen LogP contribution in [0.25, 0.3) is 0 Å². The SMILES string of the molecule is CCCC(=O)[O-].CCCC(=O)[O-].C[CH2][Sn+2][CH2]C. The molecule has 0 spiro atoms. The van der Waals surface area contributed by atoms with E-state index in [0.29, 0.717) is 12.8 Å². The summed E-state index contributed by atoms with van der Waals surface area (Å²) >= 11 is 0.218. The maximum absolute atomic E-state index is 9.49. The standard InChI is InChI=1S/2C4H8O2.2C2H5.Sn/c2*1-2-3-4(5)6;2*1-2;/h2*2-3H2,1H3,(H,5,6);2*1H2,2H3;/q;;;;+2/p-2. The first-order valence-electron chi connectivity index (χ1n) is 6.06. The van der Waals surface area contributed by atoms with Crippen molar-refractivity contribution in [2.45, 2.75) is 62.3 Å². The van der Waals surface area contributed by atoms with Gasteiger partial charge in [-0.2, -0.15) is 0 Å². The normalized spacial score (nSPS) is 7.76. The molecule has 0 bridgehead atoms. The molecule has 0 atom stereocenters. The van der Waals surface area contributed by atoms with Gasteiger partial charge in [0, 0.05) is 11.9 Å². The summed E-state index contributed by atoms with van der Waals surface area (Å²) in [7, 11) is 0. The first kappa shape index (κ1) is 22.0. The van der Waals surface area contributed by atoms with Crippen LogP contribution in [-0.2, 0) is 9.59 Å². The summed E-state index contributed by atoms with van der Waals surface area (Å²) in [4.78, 5) is 19.0. The van der Waals surface area contributed by atoms with Crippen LogP contribution >= 0.6 is 0 Å². The molecule has 5 heteroatoms. The number of hydrogen-bond acceptors (Lipinski definition) is 4. The molecule has 0 aromatic heterocycles. The fourth-order valence-corrected chi connectivity index (χ4v) is 2.09. The summed E-state index contributed by atoms with van der Waals surface area (Å²) in [6.45, 7) is 8.18. The molecule has 0 aromatic carbocycles. The molecule has 100 valence electrons. The summed E-state index contributed by atoms with van der Waals surface area (Å²) in [5.74, 6) is -1.92. The van der Waals surface area contributed by atoms with Gasteiger partial charge >= 0.3 is 43.9 Å². The van der Waals surface area contributed by atoms with E-state index in [-0.39, 0.29) is 34.0 Å². The maximum atomic E-state index is 9.49. The van der Waals surface area contributed by atoms with Crippen molar-refractivity contribution in [1.82, 2.24) is 0 Å². The van der Waals surface area contributed by atoms with E-state index >= 15 is 0 Å². The van der Waals surface area contributed by atoms with Gasteiger partial charge in [-0.05, 0) is 12.8 Å². The van der Waals surface area contributed by atoms with Crippen LogP contribution in [0, 0.1) is 0 Å². The molecule has 4 nitrogen and oxygen atoms in total. The minimum absolute atomic E-state index is 0.181. The second-order valence-electron chi connectivity index (χ2n) is 3.20. The Labute approximate surface area is 115 Å². The fourth-order valence-electron chi connectivity index (χ4n) is 0.658. The van der Waals surface area contributed by atoms with Crippen molar-refractivity contribution < 1.29 is 19.8 Å². The summed E-state index contributed by atoms with van der Waals surface area (Å²) in [6.07, 6.45) is 1.70. The van der Waals surface area contributed by atoms with Crippen LogP contribution in [0.5, 0.6) is 0 Å². The molecular weight excluding hydrogens is 327 g/mol. The van der Waals surface area contributed by atoms with Gasteiger partial charge in [-0.1, -0.05) is 26.7 Å². The fraction of sp³-hybridized carbons (Fsp3) is 0.833. The van der Waals surface area contributed by atoms with E-state index in [2.05, 4.69) is 13.8 Å². The molecule has 0 radical (unpaired) electrons. The van der Waals surface area contributed by atoms with E-state index in [0.717, 1.165) is 0 Å². The molecule has 0 unspecified atom stereocenters. The van der Waals surface area contributed by atoms with E-state index in [9.17, 15) is 19.8 Å². The van der Waals surface area contributed by atoms with E-state index in [1.165, 1.54) is 8.87 Å². The zero-order chi connectivity index (χ0) is 14.1. The van der Waals surface area contributed by atoms with Crippen molar-refractivity contribution >= 4 is 33.1 Å². The molecule has 0 amide bonds. The van der Waals surface area contributed by atoms with Gasteiger partial charge in [0.1, 0.15) is 0 Å². The molecule has 17 heavy (non-hydrogen) atoms. The van der Waals surface area contributed by atoms with Gasteiger partial charge in [-0.25, -0.2) is 0 Å². The summed E-state index contributed by atoms with van der Waals surface area (Å²) < 4.78 is 3.03. The Balaban J connectivity index is -0.000000174. The Hall–Kier alpha value is -0.261. The molecular formula is C12H24O4Sn. The van der Waals surface area contributed by atoms with E-state index in [1.807, 2.05) is 0 Å². The molecule has 0 aliphatic carbocycles. The van der Waals surface area contributed by atoms with Crippen molar-refractivity contribution in [3.8, 4) is 0 Å². The number of carbonyl (C=O) groups is 2. The number of carboxylic acids is 2. The molecule has 0 saturated carbocycles. The predicted octanol–water partition coefficient (Wildman–Crippen LogP) is 0.640. The van der Waals surface area contributed by atoms with E-state index in [1.54, 1.807) is 13.8 Å². The van der Waals surface area contributed by atoms with Crippen LogP contribution in [0.4, 0.5) is 0 Å². The average Bonchev–Trinajstić information content (AvgIpc) is 2.20. The molecule has 0 heterocycles. The summed E-state index contributed by atoms with van der Waals surface area (Å²) in [5, 5.41) is 19.0. The molecule has 0 N–H and O–H groups in total. The van der Waals surface area contributed by atoms with Crippen LogP contribution in [0.1, 0.15) is 53.4 Å². The Morgan fingerprint density at radius 2 is 1.12 bits per heavy atom. The zero-order valence-electron chi connectivity index (χ0n) is 11.4. The molecule has 0 rings (SSSR count). The van der Waals surface area contributed by atoms with Crippen LogP contribution < -0.4 is 10.2 Å². The van der Waals surface area contributed by atoms with Crippen LogP contribution in [0.15, 0.2) is 0 Å². The van der Waals surface area contributed by atoms with Crippen LogP contribution in [0.3, 0.4) is 0 Å². The first-order chi connectivity index (χ1) is 7.95. The first-order valence-corrected chi connectivity index (χ1v) is 10.1. The summed E-state index contributed by atoms with van der Waals surface area (Å²) in [6, 6.07) is 0. The van der Waals surface area contributed by atoms with E-state index < -0.39 is 11.9 Å². The third-order valence-electron chi connectivity index (χ3n) is 1.41.